The van der Waals surface area contributed by atoms with Crippen LogP contribution < -0.4 is 4.74 Å². The predicted molar refractivity (Wildman–Crippen MR) is 80.2 cm³/mol. The quantitative estimate of drug-likeness (QED) is 0.817. The van der Waals surface area contributed by atoms with Crippen molar-refractivity contribution in [3.8, 4) is 5.75 Å². The lowest BCUT2D eigenvalue weighted by molar-refractivity contribution is -0.129. The minimum Gasteiger partial charge on any atom is -0.494 e. The molecule has 0 bridgehead atoms. The summed E-state index contributed by atoms with van der Waals surface area (Å²) < 4.78 is 5.38. The number of rotatable bonds is 6. The molecule has 0 radical (unpaired) electrons. The number of aliphatic hydroxyl groups is 1. The number of benzene rings is 1. The molecule has 0 unspecified atom stereocenters. The summed E-state index contributed by atoms with van der Waals surface area (Å²) in [5.41, 5.74) is 0. The van der Waals surface area contributed by atoms with Crippen LogP contribution in [0, 0.1) is 0 Å². The summed E-state index contributed by atoms with van der Waals surface area (Å²) in [6.45, 7) is 3.45. The van der Waals surface area contributed by atoms with Crippen molar-refractivity contribution in [2.24, 2.45) is 0 Å². The zero-order chi connectivity index (χ0) is 14.4. The number of carbonyl (C=O) groups excluding carboxylic acids is 1. The summed E-state index contributed by atoms with van der Waals surface area (Å²) in [6.07, 6.45) is 1.90. The Kier molecular flexibility index (Phi) is 5.73. The Morgan fingerprint density at radius 3 is 2.85 bits per heavy atom. The van der Waals surface area contributed by atoms with Gasteiger partial charge >= 0.3 is 0 Å². The van der Waals surface area contributed by atoms with Gasteiger partial charge in [-0.05, 0) is 44.0 Å². The average molecular weight is 295 g/mol. The standard InChI is InChI=1S/C15H21NO3S/c1-2-19-13-5-7-14(8-6-13)20-11-15(18)16-9-3-4-12(16)10-17/h5-8,12,17H,2-4,9-11H2,1H3/t12-/m1/s1. The lowest BCUT2D eigenvalue weighted by atomic mass is 10.2. The molecule has 1 aliphatic heterocycles. The third-order valence-electron chi connectivity index (χ3n) is 3.41. The van der Waals surface area contributed by atoms with E-state index in [1.54, 1.807) is 0 Å². The van der Waals surface area contributed by atoms with Gasteiger partial charge in [0.1, 0.15) is 5.75 Å². The van der Waals surface area contributed by atoms with Crippen molar-refractivity contribution < 1.29 is 14.6 Å². The number of hydrogen-bond acceptors (Lipinski definition) is 4. The van der Waals surface area contributed by atoms with E-state index in [0.717, 1.165) is 30.0 Å². The molecular weight excluding hydrogens is 274 g/mol. The van der Waals surface area contributed by atoms with Crippen molar-refractivity contribution in [2.75, 3.05) is 25.5 Å². The van der Waals surface area contributed by atoms with Gasteiger partial charge < -0.3 is 14.7 Å². The van der Waals surface area contributed by atoms with Crippen molar-refractivity contribution in [2.45, 2.75) is 30.7 Å². The van der Waals surface area contributed by atoms with Gasteiger partial charge in [-0.15, -0.1) is 11.8 Å². The van der Waals surface area contributed by atoms with Gasteiger partial charge in [0.2, 0.25) is 5.91 Å². The minimum absolute atomic E-state index is 0.0171. The van der Waals surface area contributed by atoms with Gasteiger partial charge in [-0.3, -0.25) is 4.79 Å². The van der Waals surface area contributed by atoms with Crippen molar-refractivity contribution in [1.29, 1.82) is 0 Å². The Hall–Kier alpha value is -1.20. The van der Waals surface area contributed by atoms with Crippen LogP contribution in [0.5, 0.6) is 5.75 Å². The fourth-order valence-corrected chi connectivity index (χ4v) is 3.17. The van der Waals surface area contributed by atoms with Crippen molar-refractivity contribution in [1.82, 2.24) is 4.90 Å². The topological polar surface area (TPSA) is 49.8 Å². The minimum atomic E-state index is 0.0171. The van der Waals surface area contributed by atoms with Crippen LogP contribution in [0.4, 0.5) is 0 Å². The van der Waals surface area contributed by atoms with Crippen molar-refractivity contribution in [3.63, 3.8) is 0 Å². The van der Waals surface area contributed by atoms with E-state index in [-0.39, 0.29) is 18.6 Å². The largest absolute Gasteiger partial charge is 0.494 e. The molecule has 1 heterocycles. The van der Waals surface area contributed by atoms with E-state index < -0.39 is 0 Å². The number of ether oxygens (including phenoxy) is 1. The number of carbonyl (C=O) groups is 1. The molecule has 1 aromatic rings. The number of likely N-dealkylation sites (tertiary alicyclic amines) is 1. The Morgan fingerprint density at radius 2 is 2.20 bits per heavy atom. The van der Waals surface area contributed by atoms with Crippen LogP contribution in [-0.2, 0) is 4.79 Å². The molecule has 110 valence electrons. The van der Waals surface area contributed by atoms with Crippen molar-refractivity contribution >= 4 is 17.7 Å². The highest BCUT2D eigenvalue weighted by molar-refractivity contribution is 8.00. The Balaban J connectivity index is 1.83. The van der Waals surface area contributed by atoms with Gasteiger partial charge in [0.05, 0.1) is 25.0 Å². The number of aliphatic hydroxyl groups excluding tert-OH is 1. The molecule has 1 saturated heterocycles. The highest BCUT2D eigenvalue weighted by atomic mass is 32.2. The van der Waals surface area contributed by atoms with Gasteiger partial charge in [0.25, 0.3) is 0 Å². The lowest BCUT2D eigenvalue weighted by Crippen LogP contribution is -2.38. The summed E-state index contributed by atoms with van der Waals surface area (Å²) in [4.78, 5) is 15.0. The van der Waals surface area contributed by atoms with E-state index in [9.17, 15) is 9.90 Å². The first kappa shape index (κ1) is 15.2. The van der Waals surface area contributed by atoms with Crippen LogP contribution in [0.1, 0.15) is 19.8 Å². The molecule has 1 fully saturated rings. The Morgan fingerprint density at radius 1 is 1.45 bits per heavy atom. The second-order valence-corrected chi connectivity index (χ2v) is 5.81. The molecular formula is C15H21NO3S. The molecule has 0 saturated carbocycles. The SMILES string of the molecule is CCOc1ccc(SCC(=O)N2CCC[C@@H]2CO)cc1. The fraction of sp³-hybridized carbons (Fsp3) is 0.533. The molecule has 5 heteroatoms. The number of hydrogen-bond donors (Lipinski definition) is 1. The summed E-state index contributed by atoms with van der Waals surface area (Å²) in [7, 11) is 0. The van der Waals surface area contributed by atoms with Gasteiger partial charge in [-0.1, -0.05) is 0 Å². The molecule has 1 N–H and O–H groups in total. The Labute approximate surface area is 124 Å². The normalized spacial score (nSPS) is 18.3. The van der Waals surface area contributed by atoms with E-state index in [4.69, 9.17) is 4.74 Å². The summed E-state index contributed by atoms with van der Waals surface area (Å²) in [5, 5.41) is 9.24. The molecule has 0 spiro atoms. The molecule has 20 heavy (non-hydrogen) atoms. The van der Waals surface area contributed by atoms with Crippen LogP contribution in [0.3, 0.4) is 0 Å². The molecule has 1 aromatic carbocycles. The molecule has 4 nitrogen and oxygen atoms in total. The van der Waals surface area contributed by atoms with E-state index in [1.807, 2.05) is 36.1 Å². The van der Waals surface area contributed by atoms with E-state index in [1.165, 1.54) is 11.8 Å². The first-order chi connectivity index (χ1) is 9.74. The number of thioether (sulfide) groups is 1. The van der Waals surface area contributed by atoms with Crippen molar-refractivity contribution in [3.05, 3.63) is 24.3 Å². The first-order valence-electron chi connectivity index (χ1n) is 7.00. The van der Waals surface area contributed by atoms with Crippen LogP contribution in [0.25, 0.3) is 0 Å². The molecule has 1 aliphatic rings. The van der Waals surface area contributed by atoms with Crippen LogP contribution in [0.15, 0.2) is 29.2 Å². The van der Waals surface area contributed by atoms with Gasteiger partial charge in [0.15, 0.2) is 0 Å². The summed E-state index contributed by atoms with van der Waals surface area (Å²) >= 11 is 1.53. The van der Waals surface area contributed by atoms with Gasteiger partial charge in [0, 0.05) is 11.4 Å². The highest BCUT2D eigenvalue weighted by Gasteiger charge is 2.27. The van der Waals surface area contributed by atoms with Gasteiger partial charge in [-0.25, -0.2) is 0 Å². The zero-order valence-electron chi connectivity index (χ0n) is 11.7. The lowest BCUT2D eigenvalue weighted by Gasteiger charge is -2.22. The smallest absolute Gasteiger partial charge is 0.233 e. The van der Waals surface area contributed by atoms with Crippen LogP contribution in [-0.4, -0.2) is 47.5 Å². The fourth-order valence-electron chi connectivity index (χ4n) is 2.38. The Bertz CT molecular complexity index is 435. The maximum absolute atomic E-state index is 12.1. The second kappa shape index (κ2) is 7.55. The molecule has 1 amide bonds. The van der Waals surface area contributed by atoms with Crippen LogP contribution in [0.2, 0.25) is 0 Å². The third kappa shape index (κ3) is 3.90. The van der Waals surface area contributed by atoms with E-state index in [0.29, 0.717) is 12.4 Å². The predicted octanol–water partition coefficient (Wildman–Crippen LogP) is 2.16. The molecule has 1 atom stereocenters. The summed E-state index contributed by atoms with van der Waals surface area (Å²) in [6, 6.07) is 7.79. The summed E-state index contributed by atoms with van der Waals surface area (Å²) in [5.74, 6) is 1.38. The third-order valence-corrected chi connectivity index (χ3v) is 4.40. The average Bonchev–Trinajstić information content (AvgIpc) is 2.95. The number of amides is 1. The molecule has 0 aliphatic carbocycles. The molecule has 0 aromatic heterocycles. The maximum atomic E-state index is 12.1. The monoisotopic (exact) mass is 295 g/mol. The second-order valence-electron chi connectivity index (χ2n) is 4.76. The van der Waals surface area contributed by atoms with E-state index in [2.05, 4.69) is 0 Å². The first-order valence-corrected chi connectivity index (χ1v) is 7.99. The highest BCUT2D eigenvalue weighted by Crippen LogP contribution is 2.24. The zero-order valence-corrected chi connectivity index (χ0v) is 12.6. The van der Waals surface area contributed by atoms with Crippen LogP contribution >= 0.6 is 11.8 Å². The maximum Gasteiger partial charge on any atom is 0.233 e. The number of nitrogens with zero attached hydrogens (tertiary/aromatic N) is 1. The van der Waals surface area contributed by atoms with Gasteiger partial charge in [-0.2, -0.15) is 0 Å². The van der Waals surface area contributed by atoms with E-state index >= 15 is 0 Å². The molecule has 2 rings (SSSR count).